The van der Waals surface area contributed by atoms with Gasteiger partial charge in [-0.05, 0) is 11.3 Å². The zero-order valence-corrected chi connectivity index (χ0v) is 14.4. The molecule has 21 heavy (non-hydrogen) atoms. The number of hydrogen-bond donors (Lipinski definition) is 1. The third-order valence-corrected chi connectivity index (χ3v) is 3.81. The van der Waals surface area contributed by atoms with Gasteiger partial charge in [0.1, 0.15) is 12.6 Å². The first-order valence-corrected chi connectivity index (χ1v) is 8.06. The molecule has 2 N–H and O–H groups in total. The summed E-state index contributed by atoms with van der Waals surface area (Å²) < 4.78 is 5.26. The van der Waals surface area contributed by atoms with E-state index in [4.69, 9.17) is 10.5 Å². The van der Waals surface area contributed by atoms with Crippen LogP contribution >= 0.6 is 0 Å². The predicted octanol–water partition coefficient (Wildman–Crippen LogP) is 1.18. The van der Waals surface area contributed by atoms with Gasteiger partial charge in [-0.1, -0.05) is 34.6 Å². The minimum Gasteiger partial charge on any atom is -0.463 e. The Morgan fingerprint density at radius 3 is 2.14 bits per heavy atom. The third-order valence-electron chi connectivity index (χ3n) is 3.81. The van der Waals surface area contributed by atoms with Gasteiger partial charge in [0.25, 0.3) is 0 Å². The van der Waals surface area contributed by atoms with Crippen molar-refractivity contribution in [3.05, 3.63) is 0 Å². The smallest absolute Gasteiger partial charge is 0.323 e. The Kier molecular flexibility index (Phi) is 7.10. The summed E-state index contributed by atoms with van der Waals surface area (Å²) in [6.45, 7) is 17.4. The van der Waals surface area contributed by atoms with Crippen LogP contribution in [0, 0.1) is 11.3 Å². The van der Waals surface area contributed by atoms with Crippen LogP contribution in [0.5, 0.6) is 0 Å². The SMILES string of the molecule is CC(C)[C@H](N)C(=O)OCCN1CCN(CC(C)(C)C)CC1. The molecule has 0 bridgehead atoms. The normalized spacial score (nSPS) is 19.8. The van der Waals surface area contributed by atoms with Crippen LogP contribution in [0.2, 0.25) is 0 Å². The van der Waals surface area contributed by atoms with Gasteiger partial charge >= 0.3 is 5.97 Å². The minimum absolute atomic E-state index is 0.124. The van der Waals surface area contributed by atoms with Crippen molar-refractivity contribution in [2.24, 2.45) is 17.1 Å². The number of nitrogens with zero attached hydrogens (tertiary/aromatic N) is 2. The van der Waals surface area contributed by atoms with Gasteiger partial charge in [-0.15, -0.1) is 0 Å². The van der Waals surface area contributed by atoms with E-state index in [1.807, 2.05) is 13.8 Å². The third kappa shape index (κ3) is 7.25. The number of esters is 1. The van der Waals surface area contributed by atoms with E-state index in [-0.39, 0.29) is 11.9 Å². The fraction of sp³-hybridized carbons (Fsp3) is 0.938. The molecule has 1 aliphatic heterocycles. The standard InChI is InChI=1S/C16H33N3O2/c1-13(2)14(17)15(20)21-11-10-18-6-8-19(9-7-18)12-16(3,4)5/h13-14H,6-12,17H2,1-5H3/t14-/m0/s1. The zero-order valence-electron chi connectivity index (χ0n) is 14.4. The van der Waals surface area contributed by atoms with Crippen LogP contribution in [0.1, 0.15) is 34.6 Å². The summed E-state index contributed by atoms with van der Waals surface area (Å²) in [5, 5.41) is 0. The molecule has 5 nitrogen and oxygen atoms in total. The van der Waals surface area contributed by atoms with Gasteiger partial charge in [0, 0.05) is 39.3 Å². The van der Waals surface area contributed by atoms with Crippen molar-refractivity contribution in [2.45, 2.75) is 40.7 Å². The Bertz CT molecular complexity index is 318. The molecule has 1 aliphatic rings. The Balaban J connectivity index is 2.18. The van der Waals surface area contributed by atoms with Crippen LogP contribution < -0.4 is 5.73 Å². The summed E-state index contributed by atoms with van der Waals surface area (Å²) in [5.41, 5.74) is 6.11. The van der Waals surface area contributed by atoms with E-state index in [0.717, 1.165) is 39.3 Å². The predicted molar refractivity (Wildman–Crippen MR) is 86.1 cm³/mol. The molecular weight excluding hydrogens is 266 g/mol. The number of rotatable bonds is 6. The Hall–Kier alpha value is -0.650. The molecule has 5 heteroatoms. The number of nitrogens with two attached hydrogens (primary N) is 1. The molecule has 0 amide bonds. The van der Waals surface area contributed by atoms with Crippen LogP contribution in [0.4, 0.5) is 0 Å². The molecule has 0 aliphatic carbocycles. The number of hydrogen-bond acceptors (Lipinski definition) is 5. The van der Waals surface area contributed by atoms with Crippen LogP contribution in [0.15, 0.2) is 0 Å². The van der Waals surface area contributed by atoms with E-state index in [1.165, 1.54) is 0 Å². The molecule has 0 saturated carbocycles. The number of ether oxygens (including phenoxy) is 1. The monoisotopic (exact) mass is 299 g/mol. The van der Waals surface area contributed by atoms with Crippen molar-refractivity contribution in [3.8, 4) is 0 Å². The van der Waals surface area contributed by atoms with Crippen molar-refractivity contribution in [1.29, 1.82) is 0 Å². The zero-order chi connectivity index (χ0) is 16.0. The number of carbonyl (C=O) groups is 1. The molecule has 1 atom stereocenters. The molecule has 124 valence electrons. The largest absolute Gasteiger partial charge is 0.463 e. The molecule has 0 unspecified atom stereocenters. The van der Waals surface area contributed by atoms with E-state index in [0.29, 0.717) is 12.0 Å². The first-order valence-electron chi connectivity index (χ1n) is 8.06. The second-order valence-electron chi connectivity index (χ2n) is 7.62. The van der Waals surface area contributed by atoms with Gasteiger partial charge in [-0.2, -0.15) is 0 Å². The van der Waals surface area contributed by atoms with E-state index in [2.05, 4.69) is 30.6 Å². The second-order valence-corrected chi connectivity index (χ2v) is 7.62. The quantitative estimate of drug-likeness (QED) is 0.746. The molecule has 0 aromatic carbocycles. The lowest BCUT2D eigenvalue weighted by molar-refractivity contribution is -0.146. The fourth-order valence-electron chi connectivity index (χ4n) is 2.49. The van der Waals surface area contributed by atoms with E-state index in [1.54, 1.807) is 0 Å². The maximum atomic E-state index is 11.7. The van der Waals surface area contributed by atoms with Crippen molar-refractivity contribution in [3.63, 3.8) is 0 Å². The number of carbonyl (C=O) groups excluding carboxylic acids is 1. The molecule has 0 aromatic heterocycles. The first-order chi connectivity index (χ1) is 9.69. The van der Waals surface area contributed by atoms with Crippen LogP contribution in [0.3, 0.4) is 0 Å². The molecule has 1 saturated heterocycles. The summed E-state index contributed by atoms with van der Waals surface area (Å²) in [6.07, 6.45) is 0. The first kappa shape index (κ1) is 18.4. The van der Waals surface area contributed by atoms with Crippen molar-refractivity contribution in [2.75, 3.05) is 45.9 Å². The second kappa shape index (κ2) is 8.11. The summed E-state index contributed by atoms with van der Waals surface area (Å²) in [6, 6.07) is -0.506. The highest BCUT2D eigenvalue weighted by molar-refractivity contribution is 5.75. The lowest BCUT2D eigenvalue weighted by Gasteiger charge is -2.37. The van der Waals surface area contributed by atoms with E-state index in [9.17, 15) is 4.79 Å². The van der Waals surface area contributed by atoms with Gasteiger partial charge in [0.15, 0.2) is 0 Å². The van der Waals surface area contributed by atoms with E-state index < -0.39 is 6.04 Å². The number of piperazine rings is 1. The van der Waals surface area contributed by atoms with Crippen molar-refractivity contribution < 1.29 is 9.53 Å². The molecule has 0 radical (unpaired) electrons. The Labute approximate surface area is 129 Å². The maximum Gasteiger partial charge on any atom is 0.323 e. The highest BCUT2D eigenvalue weighted by atomic mass is 16.5. The molecule has 0 spiro atoms. The Morgan fingerprint density at radius 2 is 1.67 bits per heavy atom. The van der Waals surface area contributed by atoms with Crippen molar-refractivity contribution >= 4 is 5.97 Å². The average Bonchev–Trinajstić information content (AvgIpc) is 2.38. The lowest BCUT2D eigenvalue weighted by atomic mass is 9.96. The molecule has 1 fully saturated rings. The molecule has 1 rings (SSSR count). The fourth-order valence-corrected chi connectivity index (χ4v) is 2.49. The van der Waals surface area contributed by atoms with Gasteiger partial charge in [-0.3, -0.25) is 9.69 Å². The minimum atomic E-state index is -0.506. The Morgan fingerprint density at radius 1 is 1.14 bits per heavy atom. The van der Waals surface area contributed by atoms with Crippen LogP contribution in [-0.2, 0) is 9.53 Å². The van der Waals surface area contributed by atoms with E-state index >= 15 is 0 Å². The van der Waals surface area contributed by atoms with Crippen LogP contribution in [0.25, 0.3) is 0 Å². The van der Waals surface area contributed by atoms with Gasteiger partial charge in [0.2, 0.25) is 0 Å². The lowest BCUT2D eigenvalue weighted by Crippen LogP contribution is -2.49. The highest BCUT2D eigenvalue weighted by Crippen LogP contribution is 2.16. The van der Waals surface area contributed by atoms with Crippen molar-refractivity contribution in [1.82, 2.24) is 9.80 Å². The molecule has 1 heterocycles. The summed E-state index contributed by atoms with van der Waals surface area (Å²) in [7, 11) is 0. The van der Waals surface area contributed by atoms with Gasteiger partial charge in [0.05, 0.1) is 0 Å². The summed E-state index contributed by atoms with van der Waals surface area (Å²) in [5.74, 6) is -0.158. The highest BCUT2D eigenvalue weighted by Gasteiger charge is 2.22. The summed E-state index contributed by atoms with van der Waals surface area (Å²) in [4.78, 5) is 16.5. The molecular formula is C16H33N3O2. The van der Waals surface area contributed by atoms with Gasteiger partial charge < -0.3 is 15.4 Å². The van der Waals surface area contributed by atoms with Crippen LogP contribution in [-0.4, -0.2) is 67.7 Å². The molecule has 0 aromatic rings. The topological polar surface area (TPSA) is 58.8 Å². The van der Waals surface area contributed by atoms with Gasteiger partial charge in [-0.25, -0.2) is 0 Å². The summed E-state index contributed by atoms with van der Waals surface area (Å²) >= 11 is 0. The maximum absolute atomic E-state index is 11.7. The average molecular weight is 299 g/mol.